The minimum atomic E-state index is -4.24. The van der Waals surface area contributed by atoms with Crippen LogP contribution in [0.15, 0.2) is 138 Å². The number of anilines is 1. The maximum Gasteiger partial charge on any atom is 0.264 e. The number of aryl methyl sites for hydroxylation is 1. The highest BCUT2D eigenvalue weighted by atomic mass is 32.2. The molecule has 0 spiro atoms. The minimum Gasteiger partial charge on any atom is -0.497 e. The molecule has 1 atom stereocenters. The third-order valence-electron chi connectivity index (χ3n) is 8.00. The highest BCUT2D eigenvalue weighted by molar-refractivity contribution is 7.92. The topological polar surface area (TPSA) is 105 Å². The minimum absolute atomic E-state index is 0.0296. The second-order valence-electron chi connectivity index (χ2n) is 11.4. The van der Waals surface area contributed by atoms with E-state index in [0.717, 1.165) is 15.4 Å². The van der Waals surface area contributed by atoms with E-state index < -0.39 is 28.5 Å². The van der Waals surface area contributed by atoms with Crippen molar-refractivity contribution < 1.29 is 27.5 Å². The smallest absolute Gasteiger partial charge is 0.264 e. The van der Waals surface area contributed by atoms with E-state index in [0.29, 0.717) is 22.8 Å². The van der Waals surface area contributed by atoms with Crippen LogP contribution in [0.3, 0.4) is 0 Å². The Morgan fingerprint density at radius 3 is 1.96 bits per heavy atom. The number of para-hydroxylation sites is 1. The molecular formula is C39H39N3O6S. The molecule has 1 unspecified atom stereocenters. The first-order chi connectivity index (χ1) is 23.7. The fourth-order valence-corrected chi connectivity index (χ4v) is 6.77. The summed E-state index contributed by atoms with van der Waals surface area (Å²) in [5.41, 5.74) is 2.71. The standard InChI is InChI=1S/C39H39N3O6S/c1-29-17-23-36(24-18-29)49(45,46)42(32-19-21-34(22-20-32)48-33-14-8-5-9-15-33)28-38(43)41(27-31-13-10-16-35(25-31)47-3)37(39(44)40-2)26-30-11-6-4-7-12-30/h4-25,37H,26-28H2,1-3H3,(H,40,44). The van der Waals surface area contributed by atoms with E-state index in [1.807, 2.05) is 73.7 Å². The molecule has 5 aromatic carbocycles. The first kappa shape index (κ1) is 34.7. The summed E-state index contributed by atoms with van der Waals surface area (Å²) in [4.78, 5) is 29.5. The van der Waals surface area contributed by atoms with Crippen LogP contribution in [0.2, 0.25) is 0 Å². The first-order valence-electron chi connectivity index (χ1n) is 15.8. The van der Waals surface area contributed by atoms with Crippen molar-refractivity contribution in [3.05, 3.63) is 150 Å². The molecule has 0 saturated heterocycles. The van der Waals surface area contributed by atoms with Gasteiger partial charge in [0.25, 0.3) is 10.0 Å². The van der Waals surface area contributed by atoms with Gasteiger partial charge in [0.05, 0.1) is 17.7 Å². The maximum absolute atomic E-state index is 14.6. The first-order valence-corrected chi connectivity index (χ1v) is 17.2. The number of nitrogens with one attached hydrogen (secondary N) is 1. The molecule has 1 N–H and O–H groups in total. The molecule has 2 amide bonds. The van der Waals surface area contributed by atoms with Crippen LogP contribution >= 0.6 is 0 Å². The SMILES string of the molecule is CNC(=O)C(Cc1ccccc1)N(Cc1cccc(OC)c1)C(=O)CN(c1ccc(Oc2ccccc2)cc1)S(=O)(=O)c1ccc(C)cc1. The Hall–Kier alpha value is -5.61. The van der Waals surface area contributed by atoms with Crippen LogP contribution in [0.4, 0.5) is 5.69 Å². The van der Waals surface area contributed by atoms with Gasteiger partial charge in [-0.25, -0.2) is 8.42 Å². The van der Waals surface area contributed by atoms with Crippen molar-refractivity contribution in [3.8, 4) is 17.2 Å². The monoisotopic (exact) mass is 677 g/mol. The van der Waals surface area contributed by atoms with Gasteiger partial charge in [0.15, 0.2) is 0 Å². The number of rotatable bonds is 14. The Kier molecular flexibility index (Phi) is 11.3. The van der Waals surface area contributed by atoms with Gasteiger partial charge in [0, 0.05) is 20.0 Å². The lowest BCUT2D eigenvalue weighted by molar-refractivity contribution is -0.139. The molecule has 0 fully saturated rings. The number of hydrogen-bond acceptors (Lipinski definition) is 6. The van der Waals surface area contributed by atoms with Crippen molar-refractivity contribution in [1.29, 1.82) is 0 Å². The van der Waals surface area contributed by atoms with Gasteiger partial charge in [-0.3, -0.25) is 13.9 Å². The quantitative estimate of drug-likeness (QED) is 0.146. The molecule has 0 aromatic heterocycles. The average Bonchev–Trinajstić information content (AvgIpc) is 3.13. The maximum atomic E-state index is 14.6. The summed E-state index contributed by atoms with van der Waals surface area (Å²) in [7, 11) is -1.17. The second-order valence-corrected chi connectivity index (χ2v) is 13.3. The summed E-state index contributed by atoms with van der Waals surface area (Å²) in [5.74, 6) is 0.770. The predicted octanol–water partition coefficient (Wildman–Crippen LogP) is 6.38. The summed E-state index contributed by atoms with van der Waals surface area (Å²) in [5, 5.41) is 2.70. The molecule has 0 aliphatic rings. The molecule has 0 radical (unpaired) electrons. The highest BCUT2D eigenvalue weighted by Crippen LogP contribution is 2.29. The number of hydrogen-bond donors (Lipinski definition) is 1. The number of amides is 2. The largest absolute Gasteiger partial charge is 0.497 e. The van der Waals surface area contributed by atoms with Crippen molar-refractivity contribution in [2.24, 2.45) is 0 Å². The molecule has 0 bridgehead atoms. The van der Waals surface area contributed by atoms with Gasteiger partial charge in [-0.1, -0.05) is 78.4 Å². The van der Waals surface area contributed by atoms with E-state index in [4.69, 9.17) is 9.47 Å². The van der Waals surface area contributed by atoms with Crippen LogP contribution in [-0.2, 0) is 32.6 Å². The zero-order chi connectivity index (χ0) is 34.8. The van der Waals surface area contributed by atoms with E-state index in [2.05, 4.69) is 5.32 Å². The number of benzene rings is 5. The van der Waals surface area contributed by atoms with Crippen LogP contribution in [0, 0.1) is 6.92 Å². The number of sulfonamides is 1. The zero-order valence-electron chi connectivity index (χ0n) is 27.7. The molecule has 10 heteroatoms. The van der Waals surface area contributed by atoms with Gasteiger partial charge in [-0.2, -0.15) is 0 Å². The van der Waals surface area contributed by atoms with Gasteiger partial charge < -0.3 is 19.7 Å². The molecule has 252 valence electrons. The Bertz CT molecular complexity index is 1950. The van der Waals surface area contributed by atoms with Crippen LogP contribution in [0.1, 0.15) is 16.7 Å². The molecule has 49 heavy (non-hydrogen) atoms. The van der Waals surface area contributed by atoms with Gasteiger partial charge in [0.2, 0.25) is 11.8 Å². The summed E-state index contributed by atoms with van der Waals surface area (Å²) in [6, 6.07) is 37.8. The van der Waals surface area contributed by atoms with Gasteiger partial charge >= 0.3 is 0 Å². The Balaban J connectivity index is 1.55. The van der Waals surface area contributed by atoms with E-state index in [1.165, 1.54) is 24.1 Å². The summed E-state index contributed by atoms with van der Waals surface area (Å²) in [6.07, 6.45) is 0.215. The molecule has 0 saturated carbocycles. The van der Waals surface area contributed by atoms with Crippen molar-refractivity contribution in [3.63, 3.8) is 0 Å². The second kappa shape index (κ2) is 16.0. The van der Waals surface area contributed by atoms with Crippen molar-refractivity contribution in [2.75, 3.05) is 25.0 Å². The molecule has 9 nitrogen and oxygen atoms in total. The van der Waals surface area contributed by atoms with Crippen LogP contribution in [0.5, 0.6) is 17.2 Å². The lowest BCUT2D eigenvalue weighted by atomic mass is 10.0. The molecule has 0 aliphatic heterocycles. The van der Waals surface area contributed by atoms with Crippen molar-refractivity contribution >= 4 is 27.5 Å². The average molecular weight is 678 g/mol. The Labute approximate surface area is 287 Å². The molecule has 0 heterocycles. The summed E-state index contributed by atoms with van der Waals surface area (Å²) < 4.78 is 41.0. The molecule has 0 aliphatic carbocycles. The van der Waals surface area contributed by atoms with Crippen LogP contribution in [0.25, 0.3) is 0 Å². The van der Waals surface area contributed by atoms with E-state index in [9.17, 15) is 18.0 Å². The molecular weight excluding hydrogens is 639 g/mol. The van der Waals surface area contributed by atoms with Gasteiger partial charge in [-0.05, 0) is 78.7 Å². The number of carbonyl (C=O) groups is 2. The predicted molar refractivity (Wildman–Crippen MR) is 190 cm³/mol. The normalized spacial score (nSPS) is 11.7. The third kappa shape index (κ3) is 8.85. The van der Waals surface area contributed by atoms with E-state index in [-0.39, 0.29) is 29.5 Å². The number of methoxy groups -OCH3 is 1. The number of carbonyl (C=O) groups excluding carboxylic acids is 2. The lowest BCUT2D eigenvalue weighted by Crippen LogP contribution is -2.53. The van der Waals surface area contributed by atoms with Crippen molar-refractivity contribution in [2.45, 2.75) is 30.8 Å². The number of ether oxygens (including phenoxy) is 2. The zero-order valence-corrected chi connectivity index (χ0v) is 28.5. The fraction of sp³-hybridized carbons (Fsp3) is 0.179. The molecule has 5 rings (SSSR count). The highest BCUT2D eigenvalue weighted by Gasteiger charge is 2.34. The van der Waals surface area contributed by atoms with E-state index in [1.54, 1.807) is 61.7 Å². The molecule has 5 aromatic rings. The third-order valence-corrected chi connectivity index (χ3v) is 9.78. The Morgan fingerprint density at radius 1 is 0.735 bits per heavy atom. The van der Waals surface area contributed by atoms with Gasteiger partial charge in [0.1, 0.15) is 29.8 Å². The lowest BCUT2D eigenvalue weighted by Gasteiger charge is -2.33. The van der Waals surface area contributed by atoms with Crippen molar-refractivity contribution in [1.82, 2.24) is 10.2 Å². The summed E-state index contributed by atoms with van der Waals surface area (Å²) in [6.45, 7) is 1.33. The van der Waals surface area contributed by atoms with E-state index >= 15 is 0 Å². The number of likely N-dealkylation sites (N-methyl/N-ethyl adjacent to an activating group) is 1. The fourth-order valence-electron chi connectivity index (χ4n) is 5.36. The van der Waals surface area contributed by atoms with Crippen LogP contribution in [-0.4, -0.2) is 51.9 Å². The summed E-state index contributed by atoms with van der Waals surface area (Å²) >= 11 is 0. The van der Waals surface area contributed by atoms with Crippen LogP contribution < -0.4 is 19.1 Å². The Morgan fingerprint density at radius 2 is 1.33 bits per heavy atom. The van der Waals surface area contributed by atoms with Gasteiger partial charge in [-0.15, -0.1) is 0 Å². The number of nitrogens with zero attached hydrogens (tertiary/aromatic N) is 2.